The Hall–Kier alpha value is 1.07. The Kier molecular flexibility index (Phi) is 33.6. The van der Waals surface area contributed by atoms with Crippen LogP contribution in [0.4, 0.5) is 0 Å². The summed E-state index contributed by atoms with van der Waals surface area (Å²) in [6, 6.07) is 0. The molecule has 0 aliphatic rings. The maximum atomic E-state index is 9.45. The fourth-order valence-electron chi connectivity index (χ4n) is 2.55. The van der Waals surface area contributed by atoms with E-state index >= 15 is 0 Å². The first-order valence-electron chi connectivity index (χ1n) is 10.3. The second kappa shape index (κ2) is 27.3. The summed E-state index contributed by atoms with van der Waals surface area (Å²) in [5, 5.41) is 15.8. The summed E-state index contributed by atoms with van der Waals surface area (Å²) in [6.07, 6.45) is 21.6. The van der Waals surface area contributed by atoms with Gasteiger partial charge in [-0.15, -0.1) is 0 Å². The first-order valence-corrected chi connectivity index (χ1v) is 10.3. The van der Waals surface area contributed by atoms with Gasteiger partial charge in [0.2, 0.25) is 0 Å². The van der Waals surface area contributed by atoms with Crippen LogP contribution >= 0.6 is 0 Å². The predicted molar refractivity (Wildman–Crippen MR) is 104 cm³/mol. The van der Waals surface area contributed by atoms with Gasteiger partial charge in [0.25, 0.3) is 0 Å². The van der Waals surface area contributed by atoms with Crippen molar-refractivity contribution in [3.8, 4) is 0 Å². The topological polar surface area (TPSA) is 57.5 Å². The van der Waals surface area contributed by atoms with Gasteiger partial charge in [-0.2, -0.15) is 6.42 Å². The van der Waals surface area contributed by atoms with E-state index in [1.165, 1.54) is 103 Å². The molecule has 0 spiro atoms. The molecule has 4 heteroatoms. The van der Waals surface area contributed by atoms with Gasteiger partial charge in [-0.1, -0.05) is 103 Å². The number of carboxylic acid groups (broad SMARTS) is 1. The van der Waals surface area contributed by atoms with Crippen LogP contribution in [-0.2, 0) is 4.79 Å². The molecule has 0 aromatic rings. The molecular formula is C21H43KO3. The Morgan fingerprint density at radius 2 is 1.00 bits per heavy atom. The number of aliphatic carboxylic acids is 1. The molecule has 1 atom stereocenters. The van der Waals surface area contributed by atoms with Crippen LogP contribution in [0.2, 0.25) is 0 Å². The Labute approximate surface area is 200 Å². The fourth-order valence-corrected chi connectivity index (χ4v) is 2.55. The van der Waals surface area contributed by atoms with Crippen LogP contribution in [-0.4, -0.2) is 22.3 Å². The minimum absolute atomic E-state index is 0. The first kappa shape index (κ1) is 30.8. The van der Waals surface area contributed by atoms with Gasteiger partial charge in [0, 0.05) is 0 Å². The van der Waals surface area contributed by atoms with Crippen molar-refractivity contribution in [2.45, 2.75) is 123 Å². The molecule has 0 rings (SSSR count). The Morgan fingerprint density at radius 3 is 1.20 bits per heavy atom. The number of carboxylic acids is 1. The van der Waals surface area contributed by atoms with Crippen molar-refractivity contribution in [3.05, 3.63) is 6.92 Å². The van der Waals surface area contributed by atoms with E-state index in [0.717, 1.165) is 6.42 Å². The van der Waals surface area contributed by atoms with Crippen LogP contribution in [0.15, 0.2) is 0 Å². The van der Waals surface area contributed by atoms with Crippen LogP contribution in [0, 0.1) is 6.92 Å². The number of aliphatic hydroxyl groups excluding tert-OH is 1. The van der Waals surface area contributed by atoms with E-state index < -0.39 is 12.1 Å². The van der Waals surface area contributed by atoms with Crippen molar-refractivity contribution in [2.24, 2.45) is 0 Å². The minimum Gasteiger partial charge on any atom is -0.479 e. The maximum Gasteiger partial charge on any atom is 1.00 e. The van der Waals surface area contributed by atoms with E-state index in [0.29, 0.717) is 0 Å². The molecule has 146 valence electrons. The third-order valence-electron chi connectivity index (χ3n) is 4.21. The molecule has 0 saturated heterocycles. The summed E-state index contributed by atoms with van der Waals surface area (Å²) in [5.74, 6) is -1.19. The number of hydrogen-bond donors (Lipinski definition) is 2. The standard InChI is InChI=1S/C18H37.C3H6O3.K/c1-3-5-7-9-11-13-15-17-18-16-14-12-10-8-6-4-2;1-2(4)3(5)6;/h1,3-18H2,2H3;2,4H,1H3,(H,5,6);/q-1;;+1. The predicted octanol–water partition coefficient (Wildman–Crippen LogP) is 3.54. The van der Waals surface area contributed by atoms with Gasteiger partial charge in [-0.25, -0.2) is 4.79 Å². The molecule has 0 aliphatic heterocycles. The Balaban J connectivity index is -0.000000592. The van der Waals surface area contributed by atoms with Gasteiger partial charge in [0.15, 0.2) is 0 Å². The SMILES string of the molecule is CC(O)C(=O)O.[CH2-]CCCCCCCCCCCCCCCCC.[K+]. The van der Waals surface area contributed by atoms with E-state index in [1.807, 2.05) is 0 Å². The molecular weight excluding hydrogens is 339 g/mol. The maximum absolute atomic E-state index is 9.45. The number of rotatable bonds is 16. The van der Waals surface area contributed by atoms with Crippen molar-refractivity contribution in [1.29, 1.82) is 0 Å². The van der Waals surface area contributed by atoms with Crippen LogP contribution < -0.4 is 51.4 Å². The average Bonchev–Trinajstić information content (AvgIpc) is 2.55. The van der Waals surface area contributed by atoms with E-state index in [9.17, 15) is 4.79 Å². The molecule has 0 amide bonds. The van der Waals surface area contributed by atoms with Crippen molar-refractivity contribution < 1.29 is 66.4 Å². The normalized spacial score (nSPS) is 11.2. The van der Waals surface area contributed by atoms with E-state index in [-0.39, 0.29) is 51.4 Å². The van der Waals surface area contributed by atoms with Crippen LogP contribution in [0.25, 0.3) is 0 Å². The van der Waals surface area contributed by atoms with Crippen molar-refractivity contribution >= 4 is 5.97 Å². The molecule has 2 N–H and O–H groups in total. The number of carbonyl (C=O) groups is 1. The van der Waals surface area contributed by atoms with Gasteiger partial charge >= 0.3 is 57.4 Å². The zero-order valence-electron chi connectivity index (χ0n) is 17.4. The van der Waals surface area contributed by atoms with Crippen molar-refractivity contribution in [1.82, 2.24) is 0 Å². The van der Waals surface area contributed by atoms with Gasteiger partial charge in [0.1, 0.15) is 6.10 Å². The molecule has 0 radical (unpaired) electrons. The number of unbranched alkanes of at least 4 members (excludes halogenated alkanes) is 15. The largest absolute Gasteiger partial charge is 1.00 e. The third-order valence-corrected chi connectivity index (χ3v) is 4.21. The Morgan fingerprint density at radius 1 is 0.760 bits per heavy atom. The van der Waals surface area contributed by atoms with E-state index in [1.54, 1.807) is 0 Å². The summed E-state index contributed by atoms with van der Waals surface area (Å²) in [7, 11) is 0. The minimum atomic E-state index is -1.23. The van der Waals surface area contributed by atoms with Crippen molar-refractivity contribution in [2.75, 3.05) is 0 Å². The average molecular weight is 383 g/mol. The zero-order chi connectivity index (χ0) is 18.5. The smallest absolute Gasteiger partial charge is 0.479 e. The third kappa shape index (κ3) is 33.1. The van der Waals surface area contributed by atoms with Gasteiger partial charge in [-0.3, -0.25) is 0 Å². The summed E-state index contributed by atoms with van der Waals surface area (Å²) in [5.41, 5.74) is 0. The molecule has 0 fully saturated rings. The quantitative estimate of drug-likeness (QED) is 0.244. The summed E-state index contributed by atoms with van der Waals surface area (Å²) < 4.78 is 0. The van der Waals surface area contributed by atoms with Crippen LogP contribution in [0.1, 0.15) is 117 Å². The number of aliphatic hydroxyl groups is 1. The van der Waals surface area contributed by atoms with Crippen molar-refractivity contribution in [3.63, 3.8) is 0 Å². The fraction of sp³-hybridized carbons (Fsp3) is 0.905. The summed E-state index contributed by atoms with van der Waals surface area (Å²) in [6.45, 7) is 7.37. The van der Waals surface area contributed by atoms with E-state index in [2.05, 4.69) is 13.8 Å². The molecule has 0 saturated carbocycles. The molecule has 1 unspecified atom stereocenters. The molecule has 3 nitrogen and oxygen atoms in total. The summed E-state index contributed by atoms with van der Waals surface area (Å²) >= 11 is 0. The molecule has 0 aliphatic carbocycles. The molecule has 0 aromatic heterocycles. The zero-order valence-corrected chi connectivity index (χ0v) is 20.5. The van der Waals surface area contributed by atoms with Gasteiger partial charge < -0.3 is 17.1 Å². The van der Waals surface area contributed by atoms with Crippen LogP contribution in [0.5, 0.6) is 0 Å². The molecule has 0 bridgehead atoms. The first-order chi connectivity index (χ1) is 11.6. The molecule has 25 heavy (non-hydrogen) atoms. The summed E-state index contributed by atoms with van der Waals surface area (Å²) in [4.78, 5) is 9.45. The second-order valence-corrected chi connectivity index (χ2v) is 6.82. The number of hydrogen-bond acceptors (Lipinski definition) is 2. The monoisotopic (exact) mass is 382 g/mol. The van der Waals surface area contributed by atoms with E-state index in [4.69, 9.17) is 10.2 Å². The molecule has 0 aromatic carbocycles. The van der Waals surface area contributed by atoms with Crippen LogP contribution in [0.3, 0.4) is 0 Å². The van der Waals surface area contributed by atoms with Gasteiger partial charge in [0.05, 0.1) is 0 Å². The molecule has 0 heterocycles. The van der Waals surface area contributed by atoms with Gasteiger partial charge in [-0.05, 0) is 6.92 Å². The second-order valence-electron chi connectivity index (χ2n) is 6.82. The Bertz CT molecular complexity index is 229.